The number of carbonyl (C=O) groups excluding carboxylic acids is 2. The van der Waals surface area contributed by atoms with Gasteiger partial charge < -0.3 is 25.6 Å². The number of ether oxygens (including phenoxy) is 2. The molecule has 0 saturated carbocycles. The number of nitrogens with two attached hydrogens (primary N) is 1. The summed E-state index contributed by atoms with van der Waals surface area (Å²) in [6.45, 7) is 0.490. The first kappa shape index (κ1) is 24.5. The van der Waals surface area contributed by atoms with Crippen LogP contribution in [0.1, 0.15) is 35.2 Å². The van der Waals surface area contributed by atoms with Crippen molar-refractivity contribution in [3.05, 3.63) is 53.9 Å². The van der Waals surface area contributed by atoms with Crippen molar-refractivity contribution in [1.82, 2.24) is 20.7 Å². The Labute approximate surface area is 195 Å². The van der Waals surface area contributed by atoms with Crippen LogP contribution in [-0.2, 0) is 16.1 Å². The van der Waals surface area contributed by atoms with Crippen molar-refractivity contribution in [1.29, 1.82) is 5.41 Å². The van der Waals surface area contributed by atoms with Crippen LogP contribution in [0.4, 0.5) is 0 Å². The van der Waals surface area contributed by atoms with Crippen molar-refractivity contribution >= 4 is 23.6 Å². The Morgan fingerprint density at radius 3 is 2.62 bits per heavy atom. The molecule has 0 spiro atoms. The number of hydrogen-bond acceptors (Lipinski definition) is 8. The monoisotopic (exact) mass is 470 g/mol. The summed E-state index contributed by atoms with van der Waals surface area (Å²) in [6, 6.07) is 6.94. The second-order valence-electron chi connectivity index (χ2n) is 7.46. The number of Topliss-reactive ketones (excluding diaryl/α,β-unsaturated/α-hetero) is 1. The Balaban J connectivity index is 1.74. The number of pyridine rings is 1. The molecule has 1 atom stereocenters. The zero-order chi connectivity index (χ0) is 24.5. The molecule has 2 heterocycles. The molecule has 1 aromatic heterocycles. The first-order chi connectivity index (χ1) is 16.3. The summed E-state index contributed by atoms with van der Waals surface area (Å²) in [4.78, 5) is 41.5. The van der Waals surface area contributed by atoms with E-state index in [1.807, 2.05) is 0 Å². The highest BCUT2D eigenvalue weighted by atomic mass is 16.7. The SMILES string of the molecule is N=C(N)NCCC[C@@H](C(=O)O)N(NCc1ccc2c(c1)OCO2)C(=O)CC(=O)c1ccncc1. The lowest BCUT2D eigenvalue weighted by atomic mass is 10.1. The lowest BCUT2D eigenvalue weighted by Gasteiger charge is -2.29. The van der Waals surface area contributed by atoms with Gasteiger partial charge in [-0.25, -0.2) is 10.2 Å². The maximum absolute atomic E-state index is 13.1. The molecular weight excluding hydrogens is 444 g/mol. The number of nitrogens with one attached hydrogen (secondary N) is 3. The molecule has 12 heteroatoms. The van der Waals surface area contributed by atoms with E-state index in [9.17, 15) is 19.5 Å². The molecule has 34 heavy (non-hydrogen) atoms. The van der Waals surface area contributed by atoms with Gasteiger partial charge in [-0.2, -0.15) is 0 Å². The minimum atomic E-state index is -1.25. The molecule has 0 aliphatic carbocycles. The fraction of sp³-hybridized carbons (Fsp3) is 0.318. The molecule has 180 valence electrons. The summed E-state index contributed by atoms with van der Waals surface area (Å²) in [6.07, 6.45) is 2.75. The van der Waals surface area contributed by atoms with Crippen molar-refractivity contribution in [3.63, 3.8) is 0 Å². The highest BCUT2D eigenvalue weighted by molar-refractivity contribution is 6.07. The molecule has 0 radical (unpaired) electrons. The number of nitrogens with zero attached hydrogens (tertiary/aromatic N) is 2. The molecule has 0 bridgehead atoms. The quantitative estimate of drug-likeness (QED) is 0.0737. The van der Waals surface area contributed by atoms with Gasteiger partial charge in [0.15, 0.2) is 23.2 Å². The van der Waals surface area contributed by atoms with Crippen molar-refractivity contribution < 1.29 is 29.0 Å². The number of rotatable bonds is 12. The topological polar surface area (TPSA) is 180 Å². The van der Waals surface area contributed by atoms with Gasteiger partial charge in [0.2, 0.25) is 12.7 Å². The Hall–Kier alpha value is -4.19. The molecule has 6 N–H and O–H groups in total. The summed E-state index contributed by atoms with van der Waals surface area (Å²) in [5, 5.41) is 20.6. The van der Waals surface area contributed by atoms with E-state index in [1.54, 1.807) is 18.2 Å². The molecule has 0 fully saturated rings. The van der Waals surface area contributed by atoms with E-state index in [4.69, 9.17) is 20.6 Å². The second-order valence-corrected chi connectivity index (χ2v) is 7.46. The fourth-order valence-corrected chi connectivity index (χ4v) is 3.34. The number of aliphatic carboxylic acids is 1. The maximum Gasteiger partial charge on any atom is 0.328 e. The number of ketones is 1. The summed E-state index contributed by atoms with van der Waals surface area (Å²) in [7, 11) is 0. The zero-order valence-electron chi connectivity index (χ0n) is 18.3. The van der Waals surface area contributed by atoms with Gasteiger partial charge in [-0.3, -0.25) is 25.0 Å². The highest BCUT2D eigenvalue weighted by Crippen LogP contribution is 2.32. The van der Waals surface area contributed by atoms with Crippen molar-refractivity contribution in [2.45, 2.75) is 31.8 Å². The number of carboxylic acids is 1. The van der Waals surface area contributed by atoms with Gasteiger partial charge in [0, 0.05) is 31.0 Å². The summed E-state index contributed by atoms with van der Waals surface area (Å²) in [5.74, 6) is -1.45. The lowest BCUT2D eigenvalue weighted by Crippen LogP contribution is -2.53. The van der Waals surface area contributed by atoms with E-state index in [2.05, 4.69) is 15.7 Å². The largest absolute Gasteiger partial charge is 0.480 e. The van der Waals surface area contributed by atoms with Gasteiger partial charge in [0.05, 0.1) is 6.42 Å². The summed E-state index contributed by atoms with van der Waals surface area (Å²) >= 11 is 0. The third-order valence-electron chi connectivity index (χ3n) is 5.04. The van der Waals surface area contributed by atoms with Crippen LogP contribution in [-0.4, -0.2) is 58.1 Å². The molecule has 0 unspecified atom stereocenters. The Morgan fingerprint density at radius 1 is 1.18 bits per heavy atom. The molecule has 3 rings (SSSR count). The zero-order valence-corrected chi connectivity index (χ0v) is 18.3. The number of guanidine groups is 1. The molecule has 1 aromatic carbocycles. The number of fused-ring (bicyclic) bond motifs is 1. The molecule has 2 aromatic rings. The number of hydrazine groups is 1. The third kappa shape index (κ3) is 6.65. The smallest absolute Gasteiger partial charge is 0.328 e. The lowest BCUT2D eigenvalue weighted by molar-refractivity contribution is -0.153. The molecule has 1 aliphatic rings. The minimum Gasteiger partial charge on any atom is -0.480 e. The number of carboxylic acid groups (broad SMARTS) is 1. The van der Waals surface area contributed by atoms with Crippen LogP contribution >= 0.6 is 0 Å². The first-order valence-electron chi connectivity index (χ1n) is 10.5. The van der Waals surface area contributed by atoms with Gasteiger partial charge >= 0.3 is 5.97 Å². The molecule has 1 amide bonds. The average Bonchev–Trinajstić information content (AvgIpc) is 3.28. The maximum atomic E-state index is 13.1. The number of benzene rings is 1. The summed E-state index contributed by atoms with van der Waals surface area (Å²) < 4.78 is 10.6. The third-order valence-corrected chi connectivity index (χ3v) is 5.04. The van der Waals surface area contributed by atoms with Crippen molar-refractivity contribution in [2.24, 2.45) is 5.73 Å². The van der Waals surface area contributed by atoms with Crippen LogP contribution in [0.5, 0.6) is 11.5 Å². The van der Waals surface area contributed by atoms with E-state index in [0.29, 0.717) is 23.5 Å². The van der Waals surface area contributed by atoms with E-state index in [1.165, 1.54) is 24.5 Å². The number of carbonyl (C=O) groups is 3. The van der Waals surface area contributed by atoms with Crippen molar-refractivity contribution in [2.75, 3.05) is 13.3 Å². The Morgan fingerprint density at radius 2 is 1.91 bits per heavy atom. The van der Waals surface area contributed by atoms with E-state index in [-0.39, 0.29) is 32.3 Å². The van der Waals surface area contributed by atoms with E-state index < -0.39 is 30.1 Å². The van der Waals surface area contributed by atoms with Crippen LogP contribution in [0.3, 0.4) is 0 Å². The summed E-state index contributed by atoms with van der Waals surface area (Å²) in [5.41, 5.74) is 9.15. The van der Waals surface area contributed by atoms with E-state index in [0.717, 1.165) is 10.6 Å². The molecule has 1 aliphatic heterocycles. The van der Waals surface area contributed by atoms with E-state index >= 15 is 0 Å². The molecule has 0 saturated heterocycles. The average molecular weight is 470 g/mol. The van der Waals surface area contributed by atoms with Crippen LogP contribution in [0.25, 0.3) is 0 Å². The standard InChI is InChI=1S/C22H26N6O6/c23-22(24)26-7-1-2-16(21(31)32)28(20(30)11-17(29)15-5-8-25-9-6-15)27-12-14-3-4-18-19(10-14)34-13-33-18/h3-6,8-10,16,27H,1-2,7,11-13H2,(H,31,32)(H4,23,24,26)/t16-/m0/s1. The number of aromatic nitrogens is 1. The van der Waals surface area contributed by atoms with Crippen LogP contribution < -0.4 is 25.9 Å². The normalized spacial score (nSPS) is 12.6. The predicted octanol–water partition coefficient (Wildman–Crippen LogP) is 0.633. The van der Waals surface area contributed by atoms with Crippen LogP contribution in [0.2, 0.25) is 0 Å². The Kier molecular flexibility index (Phi) is 8.35. The number of hydrogen-bond donors (Lipinski definition) is 5. The van der Waals surface area contributed by atoms with Gasteiger partial charge in [0.1, 0.15) is 6.04 Å². The Bertz CT molecular complexity index is 1050. The predicted molar refractivity (Wildman–Crippen MR) is 120 cm³/mol. The fourth-order valence-electron chi connectivity index (χ4n) is 3.34. The van der Waals surface area contributed by atoms with Gasteiger partial charge in [0.25, 0.3) is 0 Å². The number of amides is 1. The molecule has 12 nitrogen and oxygen atoms in total. The second kappa shape index (κ2) is 11.6. The van der Waals surface area contributed by atoms with Gasteiger partial charge in [-0.15, -0.1) is 0 Å². The molecular formula is C22H26N6O6. The highest BCUT2D eigenvalue weighted by Gasteiger charge is 2.31. The van der Waals surface area contributed by atoms with Gasteiger partial charge in [-0.05, 0) is 42.7 Å². The van der Waals surface area contributed by atoms with Gasteiger partial charge in [-0.1, -0.05) is 6.07 Å². The first-order valence-corrected chi connectivity index (χ1v) is 10.5. The van der Waals surface area contributed by atoms with Crippen LogP contribution in [0.15, 0.2) is 42.7 Å². The van der Waals surface area contributed by atoms with Crippen LogP contribution in [0, 0.1) is 5.41 Å². The van der Waals surface area contributed by atoms with Crippen molar-refractivity contribution in [3.8, 4) is 11.5 Å². The minimum absolute atomic E-state index is 0.0684.